The molecule has 1 aliphatic heterocycles. The second-order valence-electron chi connectivity index (χ2n) is 8.06. The van der Waals surface area contributed by atoms with Gasteiger partial charge in [0.1, 0.15) is 5.69 Å². The zero-order chi connectivity index (χ0) is 21.7. The molecular weight excluding hydrogens is 388 g/mol. The van der Waals surface area contributed by atoms with Crippen LogP contribution in [0.4, 0.5) is 0 Å². The minimum absolute atomic E-state index is 0.0511. The highest BCUT2D eigenvalue weighted by atomic mass is 16.3. The zero-order valence-corrected chi connectivity index (χ0v) is 17.5. The number of rotatable bonds is 9. The van der Waals surface area contributed by atoms with Crippen LogP contribution in [-0.2, 0) is 13.1 Å². The van der Waals surface area contributed by atoms with Gasteiger partial charge in [-0.15, -0.1) is 0 Å². The van der Waals surface area contributed by atoms with Crippen molar-refractivity contribution in [1.82, 2.24) is 29.9 Å². The van der Waals surface area contributed by atoms with Crippen LogP contribution in [-0.4, -0.2) is 92.5 Å². The van der Waals surface area contributed by atoms with E-state index >= 15 is 0 Å². The fourth-order valence-electron chi connectivity index (χ4n) is 3.62. The van der Waals surface area contributed by atoms with Gasteiger partial charge in [0.2, 0.25) is 0 Å². The average Bonchev–Trinajstić information content (AvgIpc) is 3.41. The number of aromatic amines is 1. The summed E-state index contributed by atoms with van der Waals surface area (Å²) in [7, 11) is 3.92. The Morgan fingerprint density at radius 1 is 1.37 bits per heavy atom. The van der Waals surface area contributed by atoms with Gasteiger partial charge in [-0.2, -0.15) is 5.10 Å². The Morgan fingerprint density at radius 3 is 2.90 bits per heavy atom. The molecule has 1 atom stereocenters. The molecule has 1 fully saturated rings. The summed E-state index contributed by atoms with van der Waals surface area (Å²) in [6.45, 7) is 1.99. The number of β-amino-alcohol motifs (C(OH)–C–C–N with tert-alkyl or cyclic N) is 1. The molecule has 10 heteroatoms. The number of amides is 2. The Kier molecular flexibility index (Phi) is 6.91. The molecule has 164 valence electrons. The van der Waals surface area contributed by atoms with E-state index in [9.17, 15) is 14.7 Å². The lowest BCUT2D eigenvalue weighted by molar-refractivity contribution is 0.0372. The Labute approximate surface area is 175 Å². The third-order valence-electron chi connectivity index (χ3n) is 5.18. The normalized spacial score (nSPS) is 18.9. The van der Waals surface area contributed by atoms with Crippen molar-refractivity contribution in [2.24, 2.45) is 0 Å². The summed E-state index contributed by atoms with van der Waals surface area (Å²) in [5.41, 5.74) is 0.856. The van der Waals surface area contributed by atoms with E-state index in [2.05, 4.69) is 15.4 Å². The maximum atomic E-state index is 12.7. The third kappa shape index (κ3) is 5.47. The van der Waals surface area contributed by atoms with Crippen molar-refractivity contribution in [3.63, 3.8) is 0 Å². The van der Waals surface area contributed by atoms with E-state index < -0.39 is 5.60 Å². The fourth-order valence-corrected chi connectivity index (χ4v) is 3.62. The number of aliphatic hydroxyl groups excluding tert-OH is 1. The third-order valence-corrected chi connectivity index (χ3v) is 5.18. The van der Waals surface area contributed by atoms with Gasteiger partial charge in [-0.25, -0.2) is 0 Å². The topological polar surface area (TPSA) is 127 Å². The first-order valence-corrected chi connectivity index (χ1v) is 10.1. The molecule has 1 saturated heterocycles. The maximum absolute atomic E-state index is 12.7. The van der Waals surface area contributed by atoms with E-state index in [-0.39, 0.29) is 31.5 Å². The summed E-state index contributed by atoms with van der Waals surface area (Å²) in [5.74, 6) is -0.412. The number of hydrogen-bond donors (Lipinski definition) is 4. The van der Waals surface area contributed by atoms with Crippen molar-refractivity contribution in [2.45, 2.75) is 31.5 Å². The molecule has 0 bridgehead atoms. The van der Waals surface area contributed by atoms with E-state index in [4.69, 9.17) is 5.11 Å². The van der Waals surface area contributed by atoms with Gasteiger partial charge in [-0.1, -0.05) is 0 Å². The van der Waals surface area contributed by atoms with Gasteiger partial charge >= 0.3 is 0 Å². The summed E-state index contributed by atoms with van der Waals surface area (Å²) in [6, 6.07) is 3.67. The number of nitrogens with one attached hydrogen (secondary N) is 2. The molecule has 0 spiro atoms. The number of nitrogens with zero attached hydrogens (tertiary/aromatic N) is 4. The van der Waals surface area contributed by atoms with E-state index in [0.29, 0.717) is 37.2 Å². The van der Waals surface area contributed by atoms with Crippen LogP contribution in [0.3, 0.4) is 0 Å². The molecule has 3 rings (SSSR count). The average molecular weight is 418 g/mol. The lowest BCUT2D eigenvalue weighted by Gasteiger charge is -2.23. The molecule has 0 aliphatic carbocycles. The Balaban J connectivity index is 1.47. The smallest absolute Gasteiger partial charge is 0.270 e. The number of aromatic nitrogens is 3. The van der Waals surface area contributed by atoms with Crippen molar-refractivity contribution in [2.75, 3.05) is 40.3 Å². The fraction of sp³-hybridized carbons (Fsp3) is 0.550. The number of likely N-dealkylation sites (tertiary alicyclic amines) is 1. The van der Waals surface area contributed by atoms with Gasteiger partial charge in [-0.3, -0.25) is 14.3 Å². The summed E-state index contributed by atoms with van der Waals surface area (Å²) in [6.07, 6.45) is 3.83. The van der Waals surface area contributed by atoms with Gasteiger partial charge in [0.15, 0.2) is 0 Å². The minimum atomic E-state index is -1.02. The monoisotopic (exact) mass is 418 g/mol. The van der Waals surface area contributed by atoms with E-state index in [1.807, 2.05) is 25.1 Å². The molecule has 0 aromatic carbocycles. The van der Waals surface area contributed by atoms with Crippen LogP contribution >= 0.6 is 0 Å². The maximum Gasteiger partial charge on any atom is 0.270 e. The molecule has 1 unspecified atom stereocenters. The van der Waals surface area contributed by atoms with Gasteiger partial charge in [0.05, 0.1) is 30.5 Å². The van der Waals surface area contributed by atoms with Crippen molar-refractivity contribution in [3.05, 3.63) is 41.5 Å². The molecule has 30 heavy (non-hydrogen) atoms. The summed E-state index contributed by atoms with van der Waals surface area (Å²) in [4.78, 5) is 31.7. The highest BCUT2D eigenvalue weighted by Crippen LogP contribution is 2.25. The molecule has 2 amide bonds. The first-order valence-electron chi connectivity index (χ1n) is 10.1. The molecule has 2 aromatic rings. The van der Waals surface area contributed by atoms with Crippen LogP contribution in [0.25, 0.3) is 0 Å². The largest absolute Gasteiger partial charge is 0.394 e. The summed E-state index contributed by atoms with van der Waals surface area (Å²) in [5, 5.41) is 26.5. The minimum Gasteiger partial charge on any atom is -0.394 e. The molecular formula is C20H30N6O4. The van der Waals surface area contributed by atoms with Crippen molar-refractivity contribution in [3.8, 4) is 0 Å². The summed E-state index contributed by atoms with van der Waals surface area (Å²) >= 11 is 0. The lowest BCUT2D eigenvalue weighted by Crippen LogP contribution is -2.39. The first-order chi connectivity index (χ1) is 14.3. The van der Waals surface area contributed by atoms with Crippen LogP contribution < -0.4 is 5.32 Å². The molecule has 10 nitrogen and oxygen atoms in total. The van der Waals surface area contributed by atoms with Crippen LogP contribution in [0.1, 0.15) is 39.4 Å². The van der Waals surface area contributed by atoms with E-state index in [1.165, 1.54) is 10.9 Å². The lowest BCUT2D eigenvalue weighted by atomic mass is 9.99. The predicted molar refractivity (Wildman–Crippen MR) is 110 cm³/mol. The summed E-state index contributed by atoms with van der Waals surface area (Å²) < 4.78 is 1.49. The first kappa shape index (κ1) is 22.0. The predicted octanol–water partition coefficient (Wildman–Crippen LogP) is -0.338. The molecule has 1 aliphatic rings. The number of carbonyl (C=O) groups excluding carboxylic acids is 2. The van der Waals surface area contributed by atoms with Gasteiger partial charge in [-0.05, 0) is 39.1 Å². The van der Waals surface area contributed by atoms with Gasteiger partial charge < -0.3 is 30.3 Å². The number of hydrogen-bond acceptors (Lipinski definition) is 6. The molecule has 3 heterocycles. The Bertz CT molecular complexity index is 876. The van der Waals surface area contributed by atoms with Crippen LogP contribution in [0, 0.1) is 0 Å². The molecule has 2 aromatic heterocycles. The number of H-pyrrole nitrogens is 1. The van der Waals surface area contributed by atoms with E-state index in [0.717, 1.165) is 12.2 Å². The standard InChI is InChI=1S/C20H30N6O4/c1-24(2)13-16-3-4-17(23-16)19(29)25-8-6-20(30,14-25)5-7-21-18(28)15-11-22-26(12-15)9-10-27/h3-4,11-12,23,27,30H,5-10,13-14H2,1-2H3,(H,21,28). The number of carbonyl (C=O) groups is 2. The van der Waals surface area contributed by atoms with Crippen LogP contribution in [0.15, 0.2) is 24.5 Å². The van der Waals surface area contributed by atoms with Crippen molar-refractivity contribution in [1.29, 1.82) is 0 Å². The van der Waals surface area contributed by atoms with Crippen molar-refractivity contribution < 1.29 is 19.8 Å². The quantitative estimate of drug-likeness (QED) is 0.441. The van der Waals surface area contributed by atoms with Gasteiger partial charge in [0.25, 0.3) is 11.8 Å². The molecule has 0 radical (unpaired) electrons. The zero-order valence-electron chi connectivity index (χ0n) is 17.5. The highest BCUT2D eigenvalue weighted by molar-refractivity contribution is 5.93. The number of aliphatic hydroxyl groups is 2. The van der Waals surface area contributed by atoms with E-state index in [1.54, 1.807) is 17.2 Å². The van der Waals surface area contributed by atoms with Crippen LogP contribution in [0.2, 0.25) is 0 Å². The highest BCUT2D eigenvalue weighted by Gasteiger charge is 2.38. The SMILES string of the molecule is CN(C)Cc1ccc(C(=O)N2CCC(O)(CCNC(=O)c3cnn(CCO)c3)C2)[nH]1. The Hall–Kier alpha value is -2.69. The second-order valence-corrected chi connectivity index (χ2v) is 8.06. The molecule has 0 saturated carbocycles. The second kappa shape index (κ2) is 9.41. The molecule has 4 N–H and O–H groups in total. The van der Waals surface area contributed by atoms with Crippen molar-refractivity contribution >= 4 is 11.8 Å². The van der Waals surface area contributed by atoms with Gasteiger partial charge in [0, 0.05) is 38.1 Å². The van der Waals surface area contributed by atoms with Crippen LogP contribution in [0.5, 0.6) is 0 Å². The Morgan fingerprint density at radius 2 is 2.17 bits per heavy atom.